The number of hydrogen-bond acceptors (Lipinski definition) is 2. The van der Waals surface area contributed by atoms with Gasteiger partial charge in [0.15, 0.2) is 5.96 Å². The first-order valence-electron chi connectivity index (χ1n) is 8.92. The van der Waals surface area contributed by atoms with Crippen molar-refractivity contribution in [3.63, 3.8) is 0 Å². The Kier molecular flexibility index (Phi) is 7.50. The summed E-state index contributed by atoms with van der Waals surface area (Å²) in [5.41, 5.74) is 1.56. The molecule has 0 amide bonds. The normalized spacial score (nSPS) is 16.2. The van der Waals surface area contributed by atoms with Crippen molar-refractivity contribution in [3.05, 3.63) is 35.1 Å². The zero-order valence-electron chi connectivity index (χ0n) is 15.1. The molecule has 1 N–H and O–H groups in total. The number of aryl methyl sites for hydroxylation is 1. The molecule has 0 aliphatic carbocycles. The van der Waals surface area contributed by atoms with Crippen LogP contribution in [0.25, 0.3) is 0 Å². The molecule has 4 nitrogen and oxygen atoms in total. The lowest BCUT2D eigenvalue weighted by atomic mass is 9.96. The fourth-order valence-electron chi connectivity index (χ4n) is 2.89. The molecule has 0 bridgehead atoms. The van der Waals surface area contributed by atoms with Gasteiger partial charge in [0.05, 0.1) is 6.54 Å². The Hall–Kier alpha value is -1.62. The molecule has 2 rings (SSSR count). The third kappa shape index (κ3) is 5.78. The fraction of sp³-hybridized carbons (Fsp3) is 0.632. The maximum atomic E-state index is 13.7. The van der Waals surface area contributed by atoms with Crippen molar-refractivity contribution in [3.8, 4) is 0 Å². The standard InChI is InChI=1S/C19H30FN3O/c1-4-21-19(22-14-17-6-5-15(2)18(20)13-17)23(3)10-7-16-8-11-24-12-9-16/h5-6,13,16H,4,7-12,14H2,1-3H3,(H,21,22). The van der Waals surface area contributed by atoms with Crippen LogP contribution in [-0.4, -0.2) is 44.2 Å². The minimum absolute atomic E-state index is 0.166. The highest BCUT2D eigenvalue weighted by atomic mass is 19.1. The van der Waals surface area contributed by atoms with E-state index in [4.69, 9.17) is 4.74 Å². The molecule has 1 aromatic rings. The van der Waals surface area contributed by atoms with E-state index < -0.39 is 0 Å². The number of guanidine groups is 1. The molecule has 1 aromatic carbocycles. The predicted molar refractivity (Wildman–Crippen MR) is 96.7 cm³/mol. The van der Waals surface area contributed by atoms with Crippen LogP contribution < -0.4 is 5.32 Å². The van der Waals surface area contributed by atoms with Crippen LogP contribution in [0.2, 0.25) is 0 Å². The van der Waals surface area contributed by atoms with Gasteiger partial charge in [-0.2, -0.15) is 0 Å². The summed E-state index contributed by atoms with van der Waals surface area (Å²) in [6.07, 6.45) is 3.47. The molecule has 134 valence electrons. The van der Waals surface area contributed by atoms with E-state index in [1.54, 1.807) is 13.0 Å². The van der Waals surface area contributed by atoms with Crippen molar-refractivity contribution in [2.24, 2.45) is 10.9 Å². The summed E-state index contributed by atoms with van der Waals surface area (Å²) in [6.45, 7) is 7.90. The highest BCUT2D eigenvalue weighted by molar-refractivity contribution is 5.79. The van der Waals surface area contributed by atoms with Crippen LogP contribution in [0.1, 0.15) is 37.3 Å². The summed E-state index contributed by atoms with van der Waals surface area (Å²) in [7, 11) is 2.07. The first-order valence-corrected chi connectivity index (χ1v) is 8.92. The van der Waals surface area contributed by atoms with Crippen molar-refractivity contribution < 1.29 is 9.13 Å². The molecule has 1 heterocycles. The third-order valence-corrected chi connectivity index (χ3v) is 4.56. The van der Waals surface area contributed by atoms with Crippen LogP contribution >= 0.6 is 0 Å². The summed E-state index contributed by atoms with van der Waals surface area (Å²) in [6, 6.07) is 5.32. The second kappa shape index (κ2) is 9.62. The topological polar surface area (TPSA) is 36.9 Å². The Labute approximate surface area is 145 Å². The Morgan fingerprint density at radius 2 is 2.12 bits per heavy atom. The minimum Gasteiger partial charge on any atom is -0.381 e. The van der Waals surface area contributed by atoms with Crippen LogP contribution in [0.15, 0.2) is 23.2 Å². The van der Waals surface area contributed by atoms with E-state index in [9.17, 15) is 4.39 Å². The highest BCUT2D eigenvalue weighted by Gasteiger charge is 2.15. The first kappa shape index (κ1) is 18.7. The zero-order chi connectivity index (χ0) is 17.4. The highest BCUT2D eigenvalue weighted by Crippen LogP contribution is 2.18. The summed E-state index contributed by atoms with van der Waals surface area (Å²) >= 11 is 0. The lowest BCUT2D eigenvalue weighted by Gasteiger charge is -2.26. The van der Waals surface area contributed by atoms with Gasteiger partial charge in [-0.15, -0.1) is 0 Å². The number of hydrogen-bond donors (Lipinski definition) is 1. The van der Waals surface area contributed by atoms with Gasteiger partial charge in [-0.25, -0.2) is 9.38 Å². The number of halogens is 1. The zero-order valence-corrected chi connectivity index (χ0v) is 15.1. The van der Waals surface area contributed by atoms with Crippen LogP contribution in [0, 0.1) is 18.7 Å². The number of aliphatic imine (C=N–C) groups is 1. The van der Waals surface area contributed by atoms with Crippen LogP contribution in [0.5, 0.6) is 0 Å². The van der Waals surface area contributed by atoms with Gasteiger partial charge in [-0.05, 0) is 56.2 Å². The monoisotopic (exact) mass is 335 g/mol. The lowest BCUT2D eigenvalue weighted by Crippen LogP contribution is -2.40. The fourth-order valence-corrected chi connectivity index (χ4v) is 2.89. The average molecular weight is 335 g/mol. The number of ether oxygens (including phenoxy) is 1. The van der Waals surface area contributed by atoms with Crippen molar-refractivity contribution >= 4 is 5.96 Å². The molecule has 0 aromatic heterocycles. The van der Waals surface area contributed by atoms with E-state index in [2.05, 4.69) is 29.2 Å². The van der Waals surface area contributed by atoms with Crippen LogP contribution in [0.3, 0.4) is 0 Å². The first-order chi connectivity index (χ1) is 11.6. The van der Waals surface area contributed by atoms with Crippen molar-refractivity contribution in [1.82, 2.24) is 10.2 Å². The van der Waals surface area contributed by atoms with E-state index >= 15 is 0 Å². The van der Waals surface area contributed by atoms with Gasteiger partial charge in [0.2, 0.25) is 0 Å². The van der Waals surface area contributed by atoms with E-state index in [0.717, 1.165) is 63.0 Å². The molecule has 0 unspecified atom stereocenters. The average Bonchev–Trinajstić information content (AvgIpc) is 2.60. The summed E-state index contributed by atoms with van der Waals surface area (Å²) in [4.78, 5) is 6.83. The Morgan fingerprint density at radius 3 is 2.79 bits per heavy atom. The molecule has 1 aliphatic heterocycles. The van der Waals surface area contributed by atoms with Crippen molar-refractivity contribution in [2.75, 3.05) is 33.4 Å². The van der Waals surface area contributed by atoms with Gasteiger partial charge in [0, 0.05) is 33.4 Å². The second-order valence-electron chi connectivity index (χ2n) is 6.52. The van der Waals surface area contributed by atoms with Gasteiger partial charge in [0.1, 0.15) is 5.82 Å². The SMILES string of the molecule is CCNC(=NCc1ccc(C)c(F)c1)N(C)CCC1CCOCC1. The molecule has 0 spiro atoms. The summed E-state index contributed by atoms with van der Waals surface area (Å²) in [5.74, 6) is 1.46. The van der Waals surface area contributed by atoms with Crippen molar-refractivity contribution in [2.45, 2.75) is 39.7 Å². The van der Waals surface area contributed by atoms with E-state index in [1.807, 2.05) is 12.1 Å². The van der Waals surface area contributed by atoms with Crippen LogP contribution in [0.4, 0.5) is 4.39 Å². The number of nitrogens with one attached hydrogen (secondary N) is 1. The van der Waals surface area contributed by atoms with Gasteiger partial charge in [-0.3, -0.25) is 0 Å². The van der Waals surface area contributed by atoms with Gasteiger partial charge in [0.25, 0.3) is 0 Å². The Morgan fingerprint density at radius 1 is 1.38 bits per heavy atom. The predicted octanol–water partition coefficient (Wildman–Crippen LogP) is 3.35. The minimum atomic E-state index is -0.166. The number of benzene rings is 1. The maximum Gasteiger partial charge on any atom is 0.193 e. The van der Waals surface area contributed by atoms with Crippen LogP contribution in [-0.2, 0) is 11.3 Å². The number of rotatable bonds is 6. The summed E-state index contributed by atoms with van der Waals surface area (Å²) in [5, 5.41) is 3.32. The molecular formula is C19H30FN3O. The van der Waals surface area contributed by atoms with E-state index in [-0.39, 0.29) is 5.82 Å². The van der Waals surface area contributed by atoms with Gasteiger partial charge in [-0.1, -0.05) is 12.1 Å². The maximum absolute atomic E-state index is 13.7. The molecule has 24 heavy (non-hydrogen) atoms. The Bertz CT molecular complexity index is 541. The molecule has 1 fully saturated rings. The summed E-state index contributed by atoms with van der Waals surface area (Å²) < 4.78 is 19.1. The molecule has 1 aliphatic rings. The second-order valence-corrected chi connectivity index (χ2v) is 6.52. The quantitative estimate of drug-likeness (QED) is 0.640. The molecule has 0 saturated carbocycles. The molecular weight excluding hydrogens is 305 g/mol. The van der Waals surface area contributed by atoms with Gasteiger partial charge < -0.3 is 15.0 Å². The smallest absolute Gasteiger partial charge is 0.193 e. The van der Waals surface area contributed by atoms with E-state index in [1.165, 1.54) is 0 Å². The third-order valence-electron chi connectivity index (χ3n) is 4.56. The molecule has 0 radical (unpaired) electrons. The lowest BCUT2D eigenvalue weighted by molar-refractivity contribution is 0.0625. The Balaban J connectivity index is 1.91. The molecule has 0 atom stereocenters. The largest absolute Gasteiger partial charge is 0.381 e. The number of nitrogens with zero attached hydrogens (tertiary/aromatic N) is 2. The molecule has 5 heteroatoms. The van der Waals surface area contributed by atoms with Gasteiger partial charge >= 0.3 is 0 Å². The van der Waals surface area contributed by atoms with E-state index in [0.29, 0.717) is 12.1 Å². The van der Waals surface area contributed by atoms with Crippen molar-refractivity contribution in [1.29, 1.82) is 0 Å². The molecule has 1 saturated heterocycles.